The maximum absolute atomic E-state index is 5.99. The summed E-state index contributed by atoms with van der Waals surface area (Å²) >= 11 is 1.57. The van der Waals surface area contributed by atoms with Crippen molar-refractivity contribution in [3.05, 3.63) is 52.4 Å². The van der Waals surface area contributed by atoms with Gasteiger partial charge < -0.3 is 15.0 Å². The van der Waals surface area contributed by atoms with E-state index < -0.39 is 0 Å². The van der Waals surface area contributed by atoms with E-state index in [2.05, 4.69) is 25.2 Å². The molecule has 3 aromatic rings. The fourth-order valence-corrected chi connectivity index (χ4v) is 3.78. The molecule has 1 N–H and O–H groups in total. The lowest BCUT2D eigenvalue weighted by Crippen LogP contribution is -2.39. The van der Waals surface area contributed by atoms with E-state index in [1.807, 2.05) is 50.4 Å². The van der Waals surface area contributed by atoms with Gasteiger partial charge in [-0.1, -0.05) is 6.07 Å². The van der Waals surface area contributed by atoms with Crippen LogP contribution in [0.4, 0.5) is 16.9 Å². The molecule has 0 aliphatic carbocycles. The second-order valence-electron chi connectivity index (χ2n) is 6.62. The number of nitrogens with zero attached hydrogens (tertiary/aromatic N) is 5. The summed E-state index contributed by atoms with van der Waals surface area (Å²) in [5.74, 6) is 1.53. The molecule has 1 atom stereocenters. The molecule has 140 valence electrons. The minimum Gasteiger partial charge on any atom is -0.368 e. The molecule has 0 amide bonds. The fourth-order valence-electron chi connectivity index (χ4n) is 3.08. The van der Waals surface area contributed by atoms with Gasteiger partial charge in [0, 0.05) is 23.3 Å². The molecule has 0 spiro atoms. The zero-order valence-electron chi connectivity index (χ0n) is 15.6. The van der Waals surface area contributed by atoms with Gasteiger partial charge in [0.25, 0.3) is 0 Å². The zero-order chi connectivity index (χ0) is 18.8. The van der Waals surface area contributed by atoms with Crippen LogP contribution in [0, 0.1) is 20.8 Å². The summed E-state index contributed by atoms with van der Waals surface area (Å²) in [6.45, 7) is 8.03. The summed E-state index contributed by atoms with van der Waals surface area (Å²) < 4.78 is 5.99. The molecule has 27 heavy (non-hydrogen) atoms. The van der Waals surface area contributed by atoms with E-state index in [9.17, 15) is 0 Å². The highest BCUT2D eigenvalue weighted by Gasteiger charge is 2.25. The van der Waals surface area contributed by atoms with Crippen LogP contribution in [0.2, 0.25) is 0 Å². The van der Waals surface area contributed by atoms with Crippen LogP contribution in [0.25, 0.3) is 0 Å². The Labute approximate surface area is 162 Å². The monoisotopic (exact) mass is 382 g/mol. The molecule has 1 aliphatic heterocycles. The number of aromatic nitrogens is 4. The SMILES string of the molecule is Cc1cc(C)nc(N2CCO[C@@H](c3cccc(Nc4nc(C)cs4)n3)C2)n1. The van der Waals surface area contributed by atoms with Crippen molar-refractivity contribution in [2.24, 2.45) is 0 Å². The van der Waals surface area contributed by atoms with E-state index >= 15 is 0 Å². The summed E-state index contributed by atoms with van der Waals surface area (Å²) in [5, 5.41) is 6.12. The highest BCUT2D eigenvalue weighted by atomic mass is 32.1. The van der Waals surface area contributed by atoms with Gasteiger partial charge in [-0.05, 0) is 39.0 Å². The van der Waals surface area contributed by atoms with Crippen molar-refractivity contribution in [2.75, 3.05) is 29.9 Å². The lowest BCUT2D eigenvalue weighted by atomic mass is 10.2. The van der Waals surface area contributed by atoms with Crippen LogP contribution in [0.1, 0.15) is 28.9 Å². The number of thiazole rings is 1. The first-order valence-electron chi connectivity index (χ1n) is 8.92. The van der Waals surface area contributed by atoms with Gasteiger partial charge in [-0.2, -0.15) is 0 Å². The molecule has 1 saturated heterocycles. The van der Waals surface area contributed by atoms with E-state index in [-0.39, 0.29) is 6.10 Å². The molecule has 0 saturated carbocycles. The highest BCUT2D eigenvalue weighted by molar-refractivity contribution is 7.13. The third kappa shape index (κ3) is 4.23. The van der Waals surface area contributed by atoms with E-state index in [1.165, 1.54) is 0 Å². The maximum atomic E-state index is 5.99. The average molecular weight is 382 g/mol. The van der Waals surface area contributed by atoms with Gasteiger partial charge in [0.05, 0.1) is 24.5 Å². The standard InChI is InChI=1S/C19H22N6OS/c1-12-9-13(2)21-18(20-12)25-7-8-26-16(10-25)15-5-4-6-17(23-15)24-19-22-14(3)11-27-19/h4-6,9,11,16H,7-8,10H2,1-3H3,(H,22,23,24)/t16-/m1/s1. The average Bonchev–Trinajstić information content (AvgIpc) is 3.06. The molecule has 4 rings (SSSR count). The number of nitrogens with one attached hydrogen (secondary N) is 1. The van der Waals surface area contributed by atoms with Crippen molar-refractivity contribution in [3.63, 3.8) is 0 Å². The van der Waals surface area contributed by atoms with Crippen LogP contribution < -0.4 is 10.2 Å². The molecule has 0 radical (unpaired) electrons. The van der Waals surface area contributed by atoms with Crippen LogP contribution in [-0.4, -0.2) is 39.6 Å². The molecule has 1 aliphatic rings. The van der Waals surface area contributed by atoms with Crippen LogP contribution in [0.15, 0.2) is 29.6 Å². The summed E-state index contributed by atoms with van der Waals surface area (Å²) in [6, 6.07) is 7.90. The smallest absolute Gasteiger partial charge is 0.225 e. The Bertz CT molecular complexity index is 923. The number of hydrogen-bond acceptors (Lipinski definition) is 8. The van der Waals surface area contributed by atoms with Gasteiger partial charge in [-0.3, -0.25) is 0 Å². The number of morpholine rings is 1. The van der Waals surface area contributed by atoms with Gasteiger partial charge in [-0.25, -0.2) is 19.9 Å². The second kappa shape index (κ2) is 7.58. The summed E-state index contributed by atoms with van der Waals surface area (Å²) in [6.07, 6.45) is -0.122. The first-order chi connectivity index (χ1) is 13.1. The maximum Gasteiger partial charge on any atom is 0.225 e. The molecule has 0 aromatic carbocycles. The Balaban J connectivity index is 1.51. The third-order valence-electron chi connectivity index (χ3n) is 4.27. The predicted octanol–water partition coefficient (Wildman–Crippen LogP) is 3.57. The summed E-state index contributed by atoms with van der Waals surface area (Å²) in [4.78, 5) is 20.5. The van der Waals surface area contributed by atoms with Crippen molar-refractivity contribution in [1.82, 2.24) is 19.9 Å². The fraction of sp³-hybridized carbons (Fsp3) is 0.368. The molecule has 1 fully saturated rings. The minimum absolute atomic E-state index is 0.122. The van der Waals surface area contributed by atoms with Crippen molar-refractivity contribution in [3.8, 4) is 0 Å². The van der Waals surface area contributed by atoms with Gasteiger partial charge >= 0.3 is 0 Å². The van der Waals surface area contributed by atoms with Crippen molar-refractivity contribution in [2.45, 2.75) is 26.9 Å². The predicted molar refractivity (Wildman–Crippen MR) is 107 cm³/mol. The lowest BCUT2D eigenvalue weighted by Gasteiger charge is -2.33. The zero-order valence-corrected chi connectivity index (χ0v) is 16.5. The molecule has 0 bridgehead atoms. The summed E-state index contributed by atoms with van der Waals surface area (Å²) in [7, 11) is 0. The Kier molecular flexibility index (Phi) is 5.00. The van der Waals surface area contributed by atoms with Crippen LogP contribution >= 0.6 is 11.3 Å². The van der Waals surface area contributed by atoms with Gasteiger partial charge in [0.1, 0.15) is 11.9 Å². The van der Waals surface area contributed by atoms with Crippen molar-refractivity contribution >= 4 is 28.2 Å². The molecule has 0 unspecified atom stereocenters. The van der Waals surface area contributed by atoms with Crippen LogP contribution in [0.3, 0.4) is 0 Å². The van der Waals surface area contributed by atoms with Crippen LogP contribution in [-0.2, 0) is 4.74 Å². The van der Waals surface area contributed by atoms with Crippen molar-refractivity contribution < 1.29 is 4.74 Å². The van der Waals surface area contributed by atoms with E-state index in [0.29, 0.717) is 13.2 Å². The van der Waals surface area contributed by atoms with Gasteiger partial charge in [0.15, 0.2) is 5.13 Å². The number of ether oxygens (including phenoxy) is 1. The quantitative estimate of drug-likeness (QED) is 0.739. The topological polar surface area (TPSA) is 76.1 Å². The molecule has 8 heteroatoms. The van der Waals surface area contributed by atoms with Gasteiger partial charge in [-0.15, -0.1) is 11.3 Å². The number of pyridine rings is 1. The Morgan fingerprint density at radius 1 is 1.07 bits per heavy atom. The molecular formula is C19H22N6OS. The largest absolute Gasteiger partial charge is 0.368 e. The summed E-state index contributed by atoms with van der Waals surface area (Å²) in [5.41, 5.74) is 3.84. The normalized spacial score (nSPS) is 17.1. The van der Waals surface area contributed by atoms with Crippen molar-refractivity contribution in [1.29, 1.82) is 0 Å². The Hall–Kier alpha value is -2.58. The Morgan fingerprint density at radius 2 is 1.89 bits per heavy atom. The second-order valence-corrected chi connectivity index (χ2v) is 7.48. The lowest BCUT2D eigenvalue weighted by molar-refractivity contribution is 0.0365. The number of hydrogen-bond donors (Lipinski definition) is 1. The van der Waals surface area contributed by atoms with E-state index in [0.717, 1.165) is 46.2 Å². The van der Waals surface area contributed by atoms with Crippen LogP contribution in [0.5, 0.6) is 0 Å². The highest BCUT2D eigenvalue weighted by Crippen LogP contribution is 2.26. The first kappa shape index (κ1) is 17.8. The number of anilines is 3. The molecule has 7 nitrogen and oxygen atoms in total. The van der Waals surface area contributed by atoms with Gasteiger partial charge in [0.2, 0.25) is 5.95 Å². The third-order valence-corrected chi connectivity index (χ3v) is 5.15. The van der Waals surface area contributed by atoms with E-state index in [4.69, 9.17) is 9.72 Å². The number of aryl methyl sites for hydroxylation is 3. The minimum atomic E-state index is -0.122. The molecular weight excluding hydrogens is 360 g/mol. The Morgan fingerprint density at radius 3 is 2.63 bits per heavy atom. The first-order valence-corrected chi connectivity index (χ1v) is 9.80. The number of rotatable bonds is 4. The molecule has 4 heterocycles. The van der Waals surface area contributed by atoms with E-state index in [1.54, 1.807) is 11.3 Å². The molecule has 3 aromatic heterocycles.